The predicted octanol–water partition coefficient (Wildman–Crippen LogP) is 2.45. The number of amides is 1. The molecule has 0 aromatic heterocycles. The van der Waals surface area contributed by atoms with Crippen molar-refractivity contribution < 1.29 is 14.3 Å². The van der Waals surface area contributed by atoms with Crippen LogP contribution in [0.15, 0.2) is 22.7 Å². The van der Waals surface area contributed by atoms with Gasteiger partial charge in [-0.3, -0.25) is 4.79 Å². The first-order chi connectivity index (χ1) is 9.40. The summed E-state index contributed by atoms with van der Waals surface area (Å²) in [4.78, 5) is 25.6. The van der Waals surface area contributed by atoms with Gasteiger partial charge in [-0.05, 0) is 54.9 Å². The Hall–Kier alpha value is -1.56. The molecule has 0 radical (unpaired) electrons. The molecule has 1 aromatic carbocycles. The number of anilines is 1. The molecule has 0 heterocycles. The van der Waals surface area contributed by atoms with Crippen molar-refractivity contribution >= 4 is 33.5 Å². The molecule has 1 amide bonds. The lowest BCUT2D eigenvalue weighted by molar-refractivity contribution is -0.139. The number of carbonyl (C=O) groups excluding carboxylic acids is 2. The Morgan fingerprint density at radius 2 is 1.95 bits per heavy atom. The van der Waals surface area contributed by atoms with Crippen LogP contribution in [0.3, 0.4) is 0 Å². The number of carbonyl (C=O) groups is 2. The Kier molecular flexibility index (Phi) is 6.01. The first-order valence-corrected chi connectivity index (χ1v) is 7.24. The molecule has 0 fully saturated rings. The minimum atomic E-state index is -0.813. The minimum Gasteiger partial charge on any atom is -0.449 e. The molecule has 0 spiro atoms. The van der Waals surface area contributed by atoms with E-state index in [4.69, 9.17) is 10.5 Å². The molecule has 20 heavy (non-hydrogen) atoms. The van der Waals surface area contributed by atoms with Crippen molar-refractivity contribution in [3.63, 3.8) is 0 Å². The lowest BCUT2D eigenvalue weighted by atomic mass is 10.2. The summed E-state index contributed by atoms with van der Waals surface area (Å²) in [6, 6.07) is 4.78. The zero-order chi connectivity index (χ0) is 15.3. The van der Waals surface area contributed by atoms with Crippen LogP contribution in [0.25, 0.3) is 0 Å². The van der Waals surface area contributed by atoms with E-state index < -0.39 is 12.1 Å². The van der Waals surface area contributed by atoms with E-state index in [0.29, 0.717) is 28.8 Å². The van der Waals surface area contributed by atoms with E-state index in [1.54, 1.807) is 24.0 Å². The van der Waals surface area contributed by atoms with Gasteiger partial charge in [0.25, 0.3) is 5.91 Å². The van der Waals surface area contributed by atoms with E-state index in [0.717, 1.165) is 0 Å². The maximum Gasteiger partial charge on any atom is 0.338 e. The number of hydrogen-bond acceptors (Lipinski definition) is 4. The lowest BCUT2D eigenvalue weighted by Gasteiger charge is -2.22. The van der Waals surface area contributed by atoms with Crippen LogP contribution >= 0.6 is 15.9 Å². The molecule has 1 atom stereocenters. The summed E-state index contributed by atoms with van der Waals surface area (Å²) < 4.78 is 5.89. The maximum absolute atomic E-state index is 12.0. The van der Waals surface area contributed by atoms with E-state index in [1.165, 1.54) is 6.07 Å². The highest BCUT2D eigenvalue weighted by Gasteiger charge is 2.22. The van der Waals surface area contributed by atoms with Gasteiger partial charge in [0, 0.05) is 23.2 Å². The molecule has 0 aliphatic heterocycles. The third-order valence-corrected chi connectivity index (χ3v) is 3.66. The SMILES string of the molecule is CCN(CC)C(=O)C(C)OC(=O)c1ccc(Br)c(N)c1. The van der Waals surface area contributed by atoms with Gasteiger partial charge in [0.1, 0.15) is 0 Å². The number of nitrogen functional groups attached to an aromatic ring is 1. The molecule has 1 rings (SSSR count). The first kappa shape index (κ1) is 16.5. The van der Waals surface area contributed by atoms with Gasteiger partial charge in [-0.1, -0.05) is 0 Å². The number of halogens is 1. The average molecular weight is 343 g/mol. The van der Waals surface area contributed by atoms with Gasteiger partial charge in [-0.2, -0.15) is 0 Å². The topological polar surface area (TPSA) is 72.6 Å². The number of nitrogens with zero attached hydrogens (tertiary/aromatic N) is 1. The second-order valence-corrected chi connectivity index (χ2v) is 5.15. The molecule has 0 aliphatic carbocycles. The summed E-state index contributed by atoms with van der Waals surface area (Å²) in [5.74, 6) is -0.759. The Morgan fingerprint density at radius 1 is 1.35 bits per heavy atom. The molecule has 2 N–H and O–H groups in total. The molecule has 1 unspecified atom stereocenters. The van der Waals surface area contributed by atoms with E-state index >= 15 is 0 Å². The van der Waals surface area contributed by atoms with Gasteiger partial charge >= 0.3 is 5.97 Å². The minimum absolute atomic E-state index is 0.201. The molecule has 5 nitrogen and oxygen atoms in total. The molecule has 0 aliphatic rings. The third-order valence-electron chi connectivity index (χ3n) is 2.94. The molecule has 1 aromatic rings. The van der Waals surface area contributed by atoms with E-state index in [1.807, 2.05) is 13.8 Å². The zero-order valence-electron chi connectivity index (χ0n) is 11.9. The number of esters is 1. The van der Waals surface area contributed by atoms with Crippen LogP contribution in [-0.4, -0.2) is 36.0 Å². The van der Waals surface area contributed by atoms with Crippen LogP contribution in [0.1, 0.15) is 31.1 Å². The number of ether oxygens (including phenoxy) is 1. The van der Waals surface area contributed by atoms with E-state index in [9.17, 15) is 9.59 Å². The summed E-state index contributed by atoms with van der Waals surface area (Å²) in [5.41, 5.74) is 6.48. The van der Waals surface area contributed by atoms with E-state index in [2.05, 4.69) is 15.9 Å². The molecular formula is C14H19BrN2O3. The zero-order valence-corrected chi connectivity index (χ0v) is 13.4. The third kappa shape index (κ3) is 3.96. The fraction of sp³-hybridized carbons (Fsp3) is 0.429. The summed E-state index contributed by atoms with van der Waals surface area (Å²) in [6.07, 6.45) is -0.813. The summed E-state index contributed by atoms with van der Waals surface area (Å²) in [6.45, 7) is 6.50. The van der Waals surface area contributed by atoms with Crippen molar-refractivity contribution in [3.05, 3.63) is 28.2 Å². The summed E-state index contributed by atoms with van der Waals surface area (Å²) in [7, 11) is 0. The Labute approximate surface area is 127 Å². The number of nitrogens with two attached hydrogens (primary N) is 1. The second-order valence-electron chi connectivity index (χ2n) is 4.29. The highest BCUT2D eigenvalue weighted by atomic mass is 79.9. The smallest absolute Gasteiger partial charge is 0.338 e. The van der Waals surface area contributed by atoms with Crippen LogP contribution < -0.4 is 5.73 Å². The first-order valence-electron chi connectivity index (χ1n) is 6.45. The number of rotatable bonds is 5. The predicted molar refractivity (Wildman–Crippen MR) is 81.4 cm³/mol. The summed E-state index contributed by atoms with van der Waals surface area (Å²) >= 11 is 3.25. The number of benzene rings is 1. The highest BCUT2D eigenvalue weighted by molar-refractivity contribution is 9.10. The van der Waals surface area contributed by atoms with Crippen molar-refractivity contribution in [3.8, 4) is 0 Å². The monoisotopic (exact) mass is 342 g/mol. The van der Waals surface area contributed by atoms with Crippen molar-refractivity contribution in [1.29, 1.82) is 0 Å². The number of likely N-dealkylation sites (N-methyl/N-ethyl adjacent to an activating group) is 1. The maximum atomic E-state index is 12.0. The van der Waals surface area contributed by atoms with Crippen molar-refractivity contribution in [2.24, 2.45) is 0 Å². The van der Waals surface area contributed by atoms with Crippen molar-refractivity contribution in [1.82, 2.24) is 4.90 Å². The molecule has 0 saturated heterocycles. The van der Waals surface area contributed by atoms with Crippen LogP contribution in [0.2, 0.25) is 0 Å². The summed E-state index contributed by atoms with van der Waals surface area (Å²) in [5, 5.41) is 0. The normalized spacial score (nSPS) is 11.8. The van der Waals surface area contributed by atoms with Gasteiger partial charge < -0.3 is 15.4 Å². The van der Waals surface area contributed by atoms with Gasteiger partial charge in [-0.25, -0.2) is 4.79 Å². The van der Waals surface area contributed by atoms with Crippen molar-refractivity contribution in [2.75, 3.05) is 18.8 Å². The van der Waals surface area contributed by atoms with Crippen molar-refractivity contribution in [2.45, 2.75) is 26.9 Å². The van der Waals surface area contributed by atoms with Gasteiger partial charge in [0.05, 0.1) is 5.56 Å². The largest absolute Gasteiger partial charge is 0.449 e. The van der Waals surface area contributed by atoms with Gasteiger partial charge in [-0.15, -0.1) is 0 Å². The standard InChI is InChI=1S/C14H19BrN2O3/c1-4-17(5-2)13(18)9(3)20-14(19)10-6-7-11(15)12(16)8-10/h6-9H,4-5,16H2,1-3H3. The van der Waals surface area contributed by atoms with E-state index in [-0.39, 0.29) is 5.91 Å². The quantitative estimate of drug-likeness (QED) is 0.658. The van der Waals surface area contributed by atoms with Gasteiger partial charge in [0.2, 0.25) is 0 Å². The van der Waals surface area contributed by atoms with Crippen LogP contribution in [0.4, 0.5) is 5.69 Å². The van der Waals surface area contributed by atoms with Gasteiger partial charge in [0.15, 0.2) is 6.10 Å². The molecule has 6 heteroatoms. The Balaban J connectivity index is 2.74. The van der Waals surface area contributed by atoms with Crippen LogP contribution in [0.5, 0.6) is 0 Å². The Morgan fingerprint density at radius 3 is 2.45 bits per heavy atom. The highest BCUT2D eigenvalue weighted by Crippen LogP contribution is 2.21. The lowest BCUT2D eigenvalue weighted by Crippen LogP contribution is -2.39. The van der Waals surface area contributed by atoms with Crippen LogP contribution in [-0.2, 0) is 9.53 Å². The number of hydrogen-bond donors (Lipinski definition) is 1. The molecular weight excluding hydrogens is 324 g/mol. The second kappa shape index (κ2) is 7.28. The molecule has 110 valence electrons. The average Bonchev–Trinajstić information content (AvgIpc) is 2.42. The molecule has 0 bridgehead atoms. The van der Waals surface area contributed by atoms with Crippen LogP contribution in [0, 0.1) is 0 Å². The Bertz CT molecular complexity index is 501. The fourth-order valence-corrected chi connectivity index (χ4v) is 1.99. The molecule has 0 saturated carbocycles. The fourth-order valence-electron chi connectivity index (χ4n) is 1.74.